The number of hydrogen-bond acceptors (Lipinski definition) is 2. The molecule has 0 aliphatic carbocycles. The third-order valence-corrected chi connectivity index (χ3v) is 2.58. The second kappa shape index (κ2) is 5.44. The molecule has 1 aromatic rings. The fourth-order valence-electron chi connectivity index (χ4n) is 1.14. The molecule has 1 rings (SSSR count). The molecule has 1 aromatic carbocycles. The second-order valence-corrected chi connectivity index (χ2v) is 4.16. The molecule has 0 aromatic heterocycles. The number of benzene rings is 1. The van der Waals surface area contributed by atoms with Gasteiger partial charge in [0.2, 0.25) is 0 Å². The summed E-state index contributed by atoms with van der Waals surface area (Å²) in [6, 6.07) is 4.98. The van der Waals surface area contributed by atoms with Gasteiger partial charge in [0.25, 0.3) is 0 Å². The van der Waals surface area contributed by atoms with Crippen molar-refractivity contribution in [3.63, 3.8) is 0 Å². The van der Waals surface area contributed by atoms with Gasteiger partial charge in [0, 0.05) is 17.7 Å². The van der Waals surface area contributed by atoms with Crippen LogP contribution in [0.5, 0.6) is 0 Å². The van der Waals surface area contributed by atoms with E-state index >= 15 is 0 Å². The maximum atomic E-state index is 13.3. The lowest BCUT2D eigenvalue weighted by Crippen LogP contribution is -2.27. The molecule has 0 radical (unpaired) electrons. The van der Waals surface area contributed by atoms with Crippen LogP contribution in [-0.2, 0) is 6.42 Å². The minimum Gasteiger partial charge on any atom is -0.318 e. The molecule has 0 fully saturated rings. The Balaban J connectivity index is 2.62. The number of halogens is 2. The summed E-state index contributed by atoms with van der Waals surface area (Å²) in [7, 11) is 1.91. The zero-order valence-electron chi connectivity index (χ0n) is 8.13. The van der Waals surface area contributed by atoms with E-state index in [-0.39, 0.29) is 5.82 Å². The molecule has 78 valence electrons. The summed E-state index contributed by atoms with van der Waals surface area (Å²) in [5.41, 5.74) is 6.15. The van der Waals surface area contributed by atoms with Crippen LogP contribution in [0.4, 0.5) is 4.39 Å². The maximum Gasteiger partial charge on any atom is 0.126 e. The lowest BCUT2D eigenvalue weighted by atomic mass is 10.1. The van der Waals surface area contributed by atoms with Crippen molar-refractivity contribution in [3.05, 3.63) is 34.1 Å². The van der Waals surface area contributed by atoms with Gasteiger partial charge in [-0.2, -0.15) is 0 Å². The fraction of sp³-hybridized carbons (Fsp3) is 0.400. The van der Waals surface area contributed by atoms with Crippen LogP contribution >= 0.6 is 15.9 Å². The fourth-order valence-corrected chi connectivity index (χ4v) is 1.55. The predicted octanol–water partition coefficient (Wildman–Crippen LogP) is 1.98. The summed E-state index contributed by atoms with van der Waals surface area (Å²) in [4.78, 5) is 1.94. The molecule has 14 heavy (non-hydrogen) atoms. The lowest BCUT2D eigenvalue weighted by molar-refractivity contribution is 0.347. The van der Waals surface area contributed by atoms with Crippen molar-refractivity contribution < 1.29 is 4.39 Å². The molecule has 0 unspecified atom stereocenters. The normalized spacial score (nSPS) is 10.9. The summed E-state index contributed by atoms with van der Waals surface area (Å²) in [6.45, 7) is 1.26. The first kappa shape index (κ1) is 11.6. The molecule has 0 saturated heterocycles. The van der Waals surface area contributed by atoms with E-state index in [9.17, 15) is 4.39 Å². The molecule has 0 spiro atoms. The zero-order valence-corrected chi connectivity index (χ0v) is 9.72. The van der Waals surface area contributed by atoms with Gasteiger partial charge < -0.3 is 5.73 Å². The van der Waals surface area contributed by atoms with Crippen LogP contribution < -0.4 is 5.73 Å². The standard InChI is InChI=1S/C10H14BrFN2/c1-14(7-13)5-4-8-6-9(11)2-3-10(8)12/h2-3,6H,4-5,7,13H2,1H3. The van der Waals surface area contributed by atoms with Gasteiger partial charge in [-0.1, -0.05) is 15.9 Å². The largest absolute Gasteiger partial charge is 0.318 e. The Morgan fingerprint density at radius 1 is 1.50 bits per heavy atom. The third-order valence-electron chi connectivity index (χ3n) is 2.08. The SMILES string of the molecule is CN(CN)CCc1cc(Br)ccc1F. The molecular formula is C10H14BrFN2. The van der Waals surface area contributed by atoms with E-state index in [0.717, 1.165) is 16.6 Å². The number of likely N-dealkylation sites (N-methyl/N-ethyl adjacent to an activating group) is 1. The smallest absolute Gasteiger partial charge is 0.126 e. The Labute approximate surface area is 92.0 Å². The van der Waals surface area contributed by atoms with E-state index in [1.807, 2.05) is 11.9 Å². The molecular weight excluding hydrogens is 247 g/mol. The zero-order chi connectivity index (χ0) is 10.6. The average Bonchev–Trinajstić information content (AvgIpc) is 2.19. The number of nitrogens with zero attached hydrogens (tertiary/aromatic N) is 1. The molecule has 2 N–H and O–H groups in total. The van der Waals surface area contributed by atoms with Gasteiger partial charge in [-0.25, -0.2) is 4.39 Å². The first-order valence-corrected chi connectivity index (χ1v) is 5.25. The van der Waals surface area contributed by atoms with Crippen molar-refractivity contribution in [2.75, 3.05) is 20.3 Å². The number of nitrogens with two attached hydrogens (primary N) is 1. The maximum absolute atomic E-state index is 13.3. The van der Waals surface area contributed by atoms with E-state index in [1.165, 1.54) is 6.07 Å². The Bertz CT molecular complexity index is 304. The van der Waals surface area contributed by atoms with Crippen LogP contribution in [0.2, 0.25) is 0 Å². The van der Waals surface area contributed by atoms with Crippen LogP contribution in [0.15, 0.2) is 22.7 Å². The highest BCUT2D eigenvalue weighted by Gasteiger charge is 2.03. The van der Waals surface area contributed by atoms with Gasteiger partial charge in [-0.15, -0.1) is 0 Å². The molecule has 0 aliphatic rings. The van der Waals surface area contributed by atoms with Gasteiger partial charge in [0.05, 0.1) is 0 Å². The predicted molar refractivity (Wildman–Crippen MR) is 59.5 cm³/mol. The van der Waals surface area contributed by atoms with Crippen molar-refractivity contribution >= 4 is 15.9 Å². The Morgan fingerprint density at radius 3 is 2.86 bits per heavy atom. The van der Waals surface area contributed by atoms with Crippen molar-refractivity contribution in [1.29, 1.82) is 0 Å². The Kier molecular flexibility index (Phi) is 4.51. The monoisotopic (exact) mass is 260 g/mol. The number of hydrogen-bond donors (Lipinski definition) is 1. The van der Waals surface area contributed by atoms with Crippen molar-refractivity contribution in [3.8, 4) is 0 Å². The van der Waals surface area contributed by atoms with E-state index in [4.69, 9.17) is 5.73 Å². The van der Waals surface area contributed by atoms with Crippen LogP contribution in [0.1, 0.15) is 5.56 Å². The third kappa shape index (κ3) is 3.36. The highest BCUT2D eigenvalue weighted by atomic mass is 79.9. The van der Waals surface area contributed by atoms with Crippen molar-refractivity contribution in [2.24, 2.45) is 5.73 Å². The van der Waals surface area contributed by atoms with Crippen LogP contribution in [0.3, 0.4) is 0 Å². The molecule has 4 heteroatoms. The van der Waals surface area contributed by atoms with E-state index in [1.54, 1.807) is 12.1 Å². The second-order valence-electron chi connectivity index (χ2n) is 3.25. The van der Waals surface area contributed by atoms with Gasteiger partial charge in [-0.05, 0) is 37.2 Å². The summed E-state index contributed by atoms with van der Waals surface area (Å²) in [5.74, 6) is -0.154. The quantitative estimate of drug-likeness (QED) is 0.840. The molecule has 0 amide bonds. The van der Waals surface area contributed by atoms with Gasteiger partial charge in [0.1, 0.15) is 5.82 Å². The summed E-state index contributed by atoms with van der Waals surface area (Å²) in [5, 5.41) is 0. The highest BCUT2D eigenvalue weighted by Crippen LogP contribution is 2.15. The molecule has 0 saturated carbocycles. The van der Waals surface area contributed by atoms with E-state index in [0.29, 0.717) is 13.1 Å². The highest BCUT2D eigenvalue weighted by molar-refractivity contribution is 9.10. The van der Waals surface area contributed by atoms with E-state index in [2.05, 4.69) is 15.9 Å². The molecule has 0 heterocycles. The van der Waals surface area contributed by atoms with E-state index < -0.39 is 0 Å². The van der Waals surface area contributed by atoms with Gasteiger partial charge in [-0.3, -0.25) is 4.90 Å². The summed E-state index contributed by atoms with van der Waals surface area (Å²) >= 11 is 3.32. The van der Waals surface area contributed by atoms with Crippen LogP contribution in [0.25, 0.3) is 0 Å². The minimum absolute atomic E-state index is 0.154. The number of rotatable bonds is 4. The first-order chi connectivity index (χ1) is 6.63. The van der Waals surface area contributed by atoms with Crippen molar-refractivity contribution in [2.45, 2.75) is 6.42 Å². The Morgan fingerprint density at radius 2 is 2.21 bits per heavy atom. The molecule has 0 aliphatic heterocycles. The minimum atomic E-state index is -0.154. The molecule has 0 bridgehead atoms. The topological polar surface area (TPSA) is 29.3 Å². The van der Waals surface area contributed by atoms with Crippen molar-refractivity contribution in [1.82, 2.24) is 4.90 Å². The summed E-state index contributed by atoms with van der Waals surface area (Å²) < 4.78 is 14.2. The summed E-state index contributed by atoms with van der Waals surface area (Å²) in [6.07, 6.45) is 0.680. The van der Waals surface area contributed by atoms with Gasteiger partial charge in [0.15, 0.2) is 0 Å². The molecule has 0 atom stereocenters. The Hall–Kier alpha value is -0.450. The van der Waals surface area contributed by atoms with Crippen LogP contribution in [-0.4, -0.2) is 25.2 Å². The molecule has 2 nitrogen and oxygen atoms in total. The first-order valence-electron chi connectivity index (χ1n) is 4.46. The lowest BCUT2D eigenvalue weighted by Gasteiger charge is -2.13. The van der Waals surface area contributed by atoms with Gasteiger partial charge >= 0.3 is 0 Å². The average molecular weight is 261 g/mol. The van der Waals surface area contributed by atoms with Crippen LogP contribution in [0, 0.1) is 5.82 Å².